The van der Waals surface area contributed by atoms with E-state index in [1.807, 2.05) is 13.8 Å². The van der Waals surface area contributed by atoms with E-state index in [0.717, 1.165) is 57.9 Å². The summed E-state index contributed by atoms with van der Waals surface area (Å²) < 4.78 is 129. The van der Waals surface area contributed by atoms with Crippen LogP contribution in [0.5, 0.6) is 0 Å². The molecular weight excluding hydrogens is 1770 g/mol. The van der Waals surface area contributed by atoms with Crippen molar-refractivity contribution in [1.29, 1.82) is 0 Å². The molecule has 8 saturated heterocycles. The molecule has 8 aliphatic rings. The van der Waals surface area contributed by atoms with Gasteiger partial charge in [0.1, 0.15) is 195 Å². The van der Waals surface area contributed by atoms with Gasteiger partial charge in [-0.3, -0.25) is 23.2 Å². The average Bonchev–Trinajstić information content (AvgIpc) is 0.765. The summed E-state index contributed by atoms with van der Waals surface area (Å²) in [5.74, 6) is -2.20. The first-order valence-corrected chi connectivity index (χ1v) is 45.0. The van der Waals surface area contributed by atoms with E-state index in [1.165, 1.54) is 16.7 Å². The summed E-state index contributed by atoms with van der Waals surface area (Å²) in [7, 11) is -12.0. The van der Waals surface area contributed by atoms with Crippen LogP contribution in [0.25, 0.3) is 0 Å². The van der Waals surface area contributed by atoms with E-state index in [-0.39, 0.29) is 12.3 Å². The van der Waals surface area contributed by atoms with Crippen molar-refractivity contribution < 1.29 is 230 Å². The normalized spacial score (nSPS) is 42.5. The highest BCUT2D eigenvalue weighted by Gasteiger charge is 2.61. The van der Waals surface area contributed by atoms with Crippen LogP contribution in [0, 0.1) is 5.92 Å². The molecule has 0 radical (unpaired) electrons. The van der Waals surface area contributed by atoms with Gasteiger partial charge in [0, 0.05) is 13.8 Å². The molecule has 0 spiro atoms. The van der Waals surface area contributed by atoms with E-state index in [9.17, 15) is 146 Å². The molecule has 8 fully saturated rings. The maximum atomic E-state index is 13.5. The van der Waals surface area contributed by atoms with E-state index < -0.39 is 332 Å². The van der Waals surface area contributed by atoms with E-state index in [0.29, 0.717) is 12.8 Å². The number of nitrogens with one attached hydrogen (secondary N) is 2. The van der Waals surface area contributed by atoms with E-state index in [2.05, 4.69) is 66.9 Å². The molecular formula is C77H130N2O47P2-2. The van der Waals surface area contributed by atoms with Gasteiger partial charge in [-0.1, -0.05) is 53.5 Å². The third-order valence-corrected chi connectivity index (χ3v) is 25.6. The summed E-state index contributed by atoms with van der Waals surface area (Å²) in [6.45, 7) is 4.30. The Morgan fingerprint density at radius 2 is 0.672 bits per heavy atom. The largest absolute Gasteiger partial charge is 0.756 e. The van der Waals surface area contributed by atoms with Crippen molar-refractivity contribution in [2.45, 2.75) is 359 Å². The van der Waals surface area contributed by atoms with Crippen molar-refractivity contribution in [3.63, 3.8) is 0 Å². The second-order valence-corrected chi connectivity index (χ2v) is 36.2. The number of ether oxygens (including phenoxy) is 15. The summed E-state index contributed by atoms with van der Waals surface area (Å²) in [5.41, 5.74) is 5.10. The molecule has 8 rings (SSSR count). The Kier molecular flexibility index (Phi) is 43.5. The quantitative estimate of drug-likeness (QED) is 0.0199. The van der Waals surface area contributed by atoms with Crippen LogP contribution >= 0.6 is 15.6 Å². The Hall–Kier alpha value is -3.36. The van der Waals surface area contributed by atoms with E-state index in [4.69, 9.17) is 80.1 Å². The smallest absolute Gasteiger partial charge is 0.276 e. The lowest BCUT2D eigenvalue weighted by molar-refractivity contribution is -0.408. The molecule has 0 aromatic heterocycles. The SMILES string of the molecule is CC(=O)N[C@H]1[C@H](O[C@H]2[C@H](O)[C@@H](NC(C)=O)C(OP(=O)([O-])OP(=O)([O-])OCCC(C)CC/C=C(/C)CC/C=C(\C)CC/C=C(\C)CCC=C(C)C)O[C@@H]2CO)O[C@H](CO)[C@@H](O[C@@H]2O[C@H](CO[C@H]3O[C@H](CO)[C@@H](O)[C@H](O[C@H]4O[C@H](CO)[C@@H](O)[C@H](O)[C@@H]4O)[C@@H]3O)[C@@H](O)[C@H](O[C@H]3O[C@H](CO)[C@@H](O)[C@H](O)[C@@H]3O[C@H]3O[C@H](CO)[C@@H](O)[C@H](O)[C@@H]3O[C@H]3O[C@H](CO)[C@@H](O)[C@H](O)[C@@H]3O)[C@@H]2O)[C@@H]1O. The topological polar surface area (TPSA) is 770 Å². The number of phosphoric acid groups is 2. The fourth-order valence-corrected chi connectivity index (χ4v) is 17.7. The first kappa shape index (κ1) is 110. The van der Waals surface area contributed by atoms with Gasteiger partial charge in [0.25, 0.3) is 15.6 Å². The van der Waals surface area contributed by atoms with Gasteiger partial charge in [0.2, 0.25) is 11.8 Å². The molecule has 8 aliphatic heterocycles. The Morgan fingerprint density at radius 1 is 0.344 bits per heavy atom. The lowest BCUT2D eigenvalue weighted by Gasteiger charge is -2.51. The Labute approximate surface area is 736 Å². The van der Waals surface area contributed by atoms with Crippen molar-refractivity contribution in [1.82, 2.24) is 10.6 Å². The molecule has 43 atom stereocenters. The van der Waals surface area contributed by atoms with Gasteiger partial charge in [-0.15, -0.1) is 0 Å². The standard InChI is InChI=1S/C77H132N2O47P2/c1-31(2)13-9-14-32(3)15-10-16-33(4)17-11-18-34(5)19-12-20-35(6)21-22-110-127(105,106)126-128(107,108)125-71-47(79-37(8)88)55(96)64(44(29-86)117-71)119-70-46(78-36(7)87)54(95)65(43(28-85)116-70)120-75-63(104)67(53(94)45(118-75)30-109-72-62(103)66(52(93)42(27-84)111-72)121-73-60(101)56(97)48(89)38(23-80)112-73)122-76-69(59(100)51(92)40(25-82)114-76)124-77-68(58(99)50(91)41(26-83)115-77)123-74-61(102)57(98)49(90)39(24-81)113-74/h13,15,17,19,35,38-77,80-86,89-104H,9-12,14,16,18,20-30H2,1-8H3,(H,78,87)(H,79,88)(H,105,106)(H,107,108)/p-2/b32-15+,33-17+,34-19-/t35?,38-,39-,40-,41-,42-,43-,44-,45-,46-,47-,48-,49-,50-,51-,52-,53-,54-,55-,56+,57+,58+,59+,60+,61+,62+,63+,64-,65-,66+,67+,68+,69+,70+,71?,72+,73-,74-,75+,76-,77-/m1/s1. The van der Waals surface area contributed by atoms with Crippen molar-refractivity contribution in [2.75, 3.05) is 59.5 Å². The third-order valence-electron chi connectivity index (χ3n) is 23.0. The highest BCUT2D eigenvalue weighted by molar-refractivity contribution is 7.59. The minimum Gasteiger partial charge on any atom is -0.756 e. The van der Waals surface area contributed by atoms with Crippen LogP contribution < -0.4 is 20.4 Å². The molecule has 0 bridgehead atoms. The van der Waals surface area contributed by atoms with Gasteiger partial charge in [-0.25, -0.2) is 4.31 Å². The fourth-order valence-electron chi connectivity index (χ4n) is 15.6. The minimum absolute atomic E-state index is 0.115. The number of aliphatic hydroxyl groups excluding tert-OH is 23. The van der Waals surface area contributed by atoms with Gasteiger partial charge in [-0.05, 0) is 98.3 Å². The number of rotatable bonds is 44. The van der Waals surface area contributed by atoms with Crippen LogP contribution in [-0.2, 0) is 103 Å². The maximum absolute atomic E-state index is 13.5. The van der Waals surface area contributed by atoms with Crippen LogP contribution in [0.3, 0.4) is 0 Å². The second kappa shape index (κ2) is 50.6. The molecule has 0 aromatic rings. The third kappa shape index (κ3) is 29.1. The van der Waals surface area contributed by atoms with Crippen molar-refractivity contribution >= 4 is 27.5 Å². The van der Waals surface area contributed by atoms with Gasteiger partial charge >= 0.3 is 0 Å². The van der Waals surface area contributed by atoms with Crippen LogP contribution in [0.15, 0.2) is 46.6 Å². The summed E-state index contributed by atoms with van der Waals surface area (Å²) in [6.07, 6.45) is -66.9. The fraction of sp³-hybridized carbons (Fsp3) is 0.870. The predicted octanol–water partition coefficient (Wildman–Crippen LogP) is -10.2. The van der Waals surface area contributed by atoms with Crippen molar-refractivity contribution in [2.24, 2.45) is 5.92 Å². The summed E-state index contributed by atoms with van der Waals surface area (Å²) in [4.78, 5) is 52.6. The lowest BCUT2D eigenvalue weighted by atomic mass is 9.94. The number of carbonyl (C=O) groups excluding carboxylic acids is 2. The molecule has 128 heavy (non-hydrogen) atoms. The first-order chi connectivity index (χ1) is 60.4. The summed E-state index contributed by atoms with van der Waals surface area (Å²) >= 11 is 0. The average molecular weight is 1900 g/mol. The monoisotopic (exact) mass is 1900 g/mol. The molecule has 2 amide bonds. The van der Waals surface area contributed by atoms with Gasteiger partial charge in [0.05, 0.1) is 59.5 Å². The predicted molar refractivity (Wildman–Crippen MR) is 420 cm³/mol. The Morgan fingerprint density at radius 3 is 1.12 bits per heavy atom. The zero-order valence-corrected chi connectivity index (χ0v) is 73.5. The lowest BCUT2D eigenvalue weighted by Crippen LogP contribution is -2.70. The number of carbonyl (C=O) groups is 2. The number of allylic oxidation sites excluding steroid dienone is 8. The van der Waals surface area contributed by atoms with Crippen LogP contribution in [0.2, 0.25) is 0 Å². The zero-order chi connectivity index (χ0) is 94.8. The summed E-state index contributed by atoms with van der Waals surface area (Å²) in [5, 5.41) is 260. The highest BCUT2D eigenvalue weighted by Crippen LogP contribution is 2.57. The minimum atomic E-state index is -6.22. The van der Waals surface area contributed by atoms with E-state index >= 15 is 0 Å². The zero-order valence-electron chi connectivity index (χ0n) is 71.7. The van der Waals surface area contributed by atoms with Crippen molar-refractivity contribution in [3.8, 4) is 0 Å². The molecule has 51 heteroatoms. The number of amides is 2. The first-order valence-electron chi connectivity index (χ1n) is 42.1. The highest BCUT2D eigenvalue weighted by atomic mass is 31.3. The van der Waals surface area contributed by atoms with Crippen molar-refractivity contribution in [3.05, 3.63) is 46.6 Å². The number of hydrogen-bond acceptors (Lipinski definition) is 47. The van der Waals surface area contributed by atoms with Gasteiger partial charge in [0.15, 0.2) is 50.3 Å². The van der Waals surface area contributed by atoms with Crippen LogP contribution in [-0.4, -0.2) is 434 Å². The Bertz CT molecular complexity index is 3610. The molecule has 0 aromatic carbocycles. The van der Waals surface area contributed by atoms with Gasteiger partial charge < -0.3 is 213 Å². The molecule has 8 heterocycles. The van der Waals surface area contributed by atoms with E-state index in [1.54, 1.807) is 0 Å². The second-order valence-electron chi connectivity index (χ2n) is 33.3. The molecule has 742 valence electrons. The summed E-state index contributed by atoms with van der Waals surface area (Å²) in [6, 6.07) is -4.21. The molecule has 0 aliphatic carbocycles. The Balaban J connectivity index is 1.01. The molecule has 49 nitrogen and oxygen atoms in total. The molecule has 0 saturated carbocycles. The molecule has 4 unspecified atom stereocenters. The number of hydrogen-bond donors (Lipinski definition) is 25. The molecule has 25 N–H and O–H groups in total. The van der Waals surface area contributed by atoms with Crippen LogP contribution in [0.4, 0.5) is 0 Å². The van der Waals surface area contributed by atoms with Crippen LogP contribution in [0.1, 0.15) is 113 Å². The number of aliphatic hydroxyl groups is 23. The number of phosphoric ester groups is 2. The van der Waals surface area contributed by atoms with Gasteiger partial charge in [-0.2, -0.15) is 0 Å². The maximum Gasteiger partial charge on any atom is 0.276 e.